The van der Waals surface area contributed by atoms with E-state index in [1.165, 1.54) is 13.3 Å². The topological polar surface area (TPSA) is 71.9 Å². The molecule has 132 valence electrons. The van der Waals surface area contributed by atoms with Crippen molar-refractivity contribution >= 4 is 5.91 Å². The van der Waals surface area contributed by atoms with Crippen LogP contribution in [0.2, 0.25) is 0 Å². The zero-order valence-electron chi connectivity index (χ0n) is 14.4. The molecule has 1 aliphatic heterocycles. The van der Waals surface area contributed by atoms with Crippen molar-refractivity contribution in [3.05, 3.63) is 53.7 Å². The second-order valence-electron chi connectivity index (χ2n) is 6.34. The zero-order chi connectivity index (χ0) is 17.9. The minimum Gasteiger partial charge on any atom is -0.490 e. The van der Waals surface area contributed by atoms with Crippen LogP contribution in [0.4, 0.5) is 0 Å². The summed E-state index contributed by atoms with van der Waals surface area (Å²) in [6.07, 6.45) is 2.02. The number of carbonyl (C=O) groups is 1. The second kappa shape index (κ2) is 7.11. The number of β-amino-alcohol motifs (C(OH)–C–C–N with tert-alkyl or cyclic N) is 1. The van der Waals surface area contributed by atoms with Crippen LogP contribution in [-0.2, 0) is 0 Å². The maximum Gasteiger partial charge on any atom is 0.254 e. The highest BCUT2D eigenvalue weighted by Gasteiger charge is 2.39. The summed E-state index contributed by atoms with van der Waals surface area (Å²) in [5, 5.41) is 10.8. The Labute approximate surface area is 147 Å². The molecule has 1 amide bonds. The Morgan fingerprint density at radius 1 is 1.36 bits per heavy atom. The number of hydrogen-bond donors (Lipinski definition) is 1. The molecule has 3 rings (SSSR count). The maximum absolute atomic E-state index is 12.6. The predicted molar refractivity (Wildman–Crippen MR) is 92.9 cm³/mol. The Bertz CT molecular complexity index is 765. The van der Waals surface area contributed by atoms with E-state index in [2.05, 4.69) is 4.98 Å². The first-order valence-corrected chi connectivity index (χ1v) is 8.21. The average Bonchev–Trinajstić information content (AvgIpc) is 3.03. The van der Waals surface area contributed by atoms with Gasteiger partial charge < -0.3 is 19.5 Å². The lowest BCUT2D eigenvalue weighted by atomic mass is 10.1. The number of nitrogens with zero attached hydrogens (tertiary/aromatic N) is 2. The monoisotopic (exact) mass is 342 g/mol. The lowest BCUT2D eigenvalue weighted by Gasteiger charge is -2.24. The van der Waals surface area contributed by atoms with Gasteiger partial charge in [0.2, 0.25) is 5.88 Å². The van der Waals surface area contributed by atoms with Gasteiger partial charge >= 0.3 is 0 Å². The number of aliphatic hydroxyl groups is 1. The van der Waals surface area contributed by atoms with Gasteiger partial charge in [0.05, 0.1) is 13.7 Å². The van der Waals surface area contributed by atoms with Crippen molar-refractivity contribution in [2.45, 2.75) is 18.9 Å². The molecule has 1 aromatic carbocycles. The van der Waals surface area contributed by atoms with Gasteiger partial charge in [-0.15, -0.1) is 0 Å². The maximum atomic E-state index is 12.6. The van der Waals surface area contributed by atoms with Crippen LogP contribution >= 0.6 is 0 Å². The normalized spacial score (nSPS) is 19.7. The highest BCUT2D eigenvalue weighted by atomic mass is 16.5. The number of pyridine rings is 1. The standard InChI is InChI=1S/C19H22N2O4/c1-14-5-3-4-6-16(14)25-13-19(23)8-10-21(12-19)18(22)15-7-9-20-17(11-15)24-2/h3-7,9,11,23H,8,10,12-13H2,1-2H3. The molecule has 0 aliphatic carbocycles. The molecule has 1 N–H and O–H groups in total. The number of ether oxygens (including phenoxy) is 2. The highest BCUT2D eigenvalue weighted by molar-refractivity contribution is 5.94. The highest BCUT2D eigenvalue weighted by Crippen LogP contribution is 2.26. The summed E-state index contributed by atoms with van der Waals surface area (Å²) in [4.78, 5) is 18.3. The van der Waals surface area contributed by atoms with E-state index < -0.39 is 5.60 Å². The Hall–Kier alpha value is -2.60. The van der Waals surface area contributed by atoms with E-state index in [0.717, 1.165) is 11.3 Å². The van der Waals surface area contributed by atoms with Crippen LogP contribution in [0.5, 0.6) is 11.6 Å². The van der Waals surface area contributed by atoms with E-state index in [1.54, 1.807) is 17.0 Å². The minimum atomic E-state index is -1.05. The number of methoxy groups -OCH3 is 1. The van der Waals surface area contributed by atoms with Gasteiger partial charge in [-0.2, -0.15) is 0 Å². The van der Waals surface area contributed by atoms with Crippen LogP contribution in [0, 0.1) is 6.92 Å². The molecular weight excluding hydrogens is 320 g/mol. The second-order valence-corrected chi connectivity index (χ2v) is 6.34. The van der Waals surface area contributed by atoms with Crippen LogP contribution in [0.25, 0.3) is 0 Å². The smallest absolute Gasteiger partial charge is 0.254 e. The van der Waals surface area contributed by atoms with Gasteiger partial charge in [0.15, 0.2) is 0 Å². The molecule has 0 radical (unpaired) electrons. The first-order chi connectivity index (χ1) is 12.0. The molecule has 25 heavy (non-hydrogen) atoms. The molecule has 0 saturated carbocycles. The summed E-state index contributed by atoms with van der Waals surface area (Å²) in [5.74, 6) is 0.996. The molecule has 2 heterocycles. The fourth-order valence-electron chi connectivity index (χ4n) is 2.91. The van der Waals surface area contributed by atoms with Crippen molar-refractivity contribution in [2.75, 3.05) is 26.8 Å². The van der Waals surface area contributed by atoms with E-state index >= 15 is 0 Å². The van der Waals surface area contributed by atoms with Gasteiger partial charge in [-0.05, 0) is 31.0 Å². The van der Waals surface area contributed by atoms with Crippen molar-refractivity contribution in [2.24, 2.45) is 0 Å². The van der Waals surface area contributed by atoms with Crippen LogP contribution < -0.4 is 9.47 Å². The summed E-state index contributed by atoms with van der Waals surface area (Å²) >= 11 is 0. The molecule has 0 bridgehead atoms. The molecule has 1 aromatic heterocycles. The van der Waals surface area contributed by atoms with Crippen molar-refractivity contribution in [3.8, 4) is 11.6 Å². The molecule has 1 atom stereocenters. The van der Waals surface area contributed by atoms with E-state index in [4.69, 9.17) is 9.47 Å². The van der Waals surface area contributed by atoms with E-state index in [-0.39, 0.29) is 19.1 Å². The van der Waals surface area contributed by atoms with Gasteiger partial charge in [-0.1, -0.05) is 18.2 Å². The number of aromatic nitrogens is 1. The SMILES string of the molecule is COc1cc(C(=O)N2CCC(O)(COc3ccccc3C)C2)ccn1. The Morgan fingerprint density at radius 3 is 2.92 bits per heavy atom. The number of rotatable bonds is 5. The Balaban J connectivity index is 1.63. The number of hydrogen-bond acceptors (Lipinski definition) is 5. The third-order valence-corrected chi connectivity index (χ3v) is 4.40. The fraction of sp³-hybridized carbons (Fsp3) is 0.368. The zero-order valence-corrected chi connectivity index (χ0v) is 14.4. The van der Waals surface area contributed by atoms with Gasteiger partial charge in [0, 0.05) is 24.4 Å². The lowest BCUT2D eigenvalue weighted by Crippen LogP contribution is -2.40. The number of benzene rings is 1. The van der Waals surface area contributed by atoms with Crippen LogP contribution in [0.3, 0.4) is 0 Å². The van der Waals surface area contributed by atoms with Crippen molar-refractivity contribution in [1.82, 2.24) is 9.88 Å². The van der Waals surface area contributed by atoms with Gasteiger partial charge in [-0.3, -0.25) is 4.79 Å². The van der Waals surface area contributed by atoms with Crippen molar-refractivity contribution < 1.29 is 19.4 Å². The molecule has 6 heteroatoms. The Kier molecular flexibility index (Phi) is 4.90. The van der Waals surface area contributed by atoms with Gasteiger partial charge in [0.25, 0.3) is 5.91 Å². The van der Waals surface area contributed by atoms with Gasteiger partial charge in [-0.25, -0.2) is 4.98 Å². The third kappa shape index (κ3) is 3.91. The van der Waals surface area contributed by atoms with Crippen molar-refractivity contribution in [1.29, 1.82) is 0 Å². The number of aryl methyl sites for hydroxylation is 1. The summed E-state index contributed by atoms with van der Waals surface area (Å²) in [7, 11) is 1.51. The largest absolute Gasteiger partial charge is 0.490 e. The number of likely N-dealkylation sites (tertiary alicyclic amines) is 1. The summed E-state index contributed by atoms with van der Waals surface area (Å²) in [6, 6.07) is 10.9. The Morgan fingerprint density at radius 2 is 2.16 bits per heavy atom. The summed E-state index contributed by atoms with van der Waals surface area (Å²) in [5.41, 5.74) is 0.464. The molecule has 2 aromatic rings. The molecule has 1 fully saturated rings. The summed E-state index contributed by atoms with van der Waals surface area (Å²) in [6.45, 7) is 2.83. The molecule has 6 nitrogen and oxygen atoms in total. The van der Waals surface area contributed by atoms with E-state index in [0.29, 0.717) is 24.4 Å². The van der Waals surface area contributed by atoms with Crippen molar-refractivity contribution in [3.63, 3.8) is 0 Å². The van der Waals surface area contributed by atoms with E-state index in [9.17, 15) is 9.90 Å². The quantitative estimate of drug-likeness (QED) is 0.900. The van der Waals surface area contributed by atoms with Crippen LogP contribution in [-0.4, -0.2) is 53.3 Å². The van der Waals surface area contributed by atoms with Gasteiger partial charge in [0.1, 0.15) is 18.0 Å². The molecule has 0 spiro atoms. The number of carbonyl (C=O) groups excluding carboxylic acids is 1. The number of amides is 1. The first kappa shape index (κ1) is 17.2. The van der Waals surface area contributed by atoms with E-state index in [1.807, 2.05) is 31.2 Å². The third-order valence-electron chi connectivity index (χ3n) is 4.40. The summed E-state index contributed by atoms with van der Waals surface area (Å²) < 4.78 is 10.8. The molecular formula is C19H22N2O4. The van der Waals surface area contributed by atoms with Crippen LogP contribution in [0.1, 0.15) is 22.3 Å². The molecule has 1 aliphatic rings. The average molecular weight is 342 g/mol. The fourth-order valence-corrected chi connectivity index (χ4v) is 2.91. The van der Waals surface area contributed by atoms with Crippen LogP contribution in [0.15, 0.2) is 42.6 Å². The lowest BCUT2D eigenvalue weighted by molar-refractivity contribution is 0.00412. The predicted octanol–water partition coefficient (Wildman–Crippen LogP) is 2.05. The minimum absolute atomic E-state index is 0.146. The first-order valence-electron chi connectivity index (χ1n) is 8.21. The molecule has 1 saturated heterocycles. The molecule has 1 unspecified atom stereocenters. The number of para-hydroxylation sites is 1.